The van der Waals surface area contributed by atoms with E-state index in [1.807, 2.05) is 6.07 Å². The van der Waals surface area contributed by atoms with E-state index >= 15 is 0 Å². The van der Waals surface area contributed by atoms with Crippen LogP contribution in [0.3, 0.4) is 0 Å². The average molecular weight is 279 g/mol. The standard InChI is InChI=1S/C8H5FN.BrH.Zn/c1-6-4-7(5-10)2-3-8(6)9;;/h2-4H,1H2;1H;/q;;+1/p-1. The van der Waals surface area contributed by atoms with E-state index in [0.717, 1.165) is 23.3 Å². The van der Waals surface area contributed by atoms with Crippen LogP contribution in [0.4, 0.5) is 4.39 Å². The molecular formula is C8H5BrFNZn. The quantitative estimate of drug-likeness (QED) is 0.589. The number of halogens is 2. The van der Waals surface area contributed by atoms with Crippen LogP contribution in [0.15, 0.2) is 18.2 Å². The molecule has 1 aromatic rings. The van der Waals surface area contributed by atoms with Crippen molar-refractivity contribution in [2.45, 2.75) is 5.02 Å². The summed E-state index contributed by atoms with van der Waals surface area (Å²) >= 11 is 1.02. The van der Waals surface area contributed by atoms with Gasteiger partial charge in [0.15, 0.2) is 0 Å². The van der Waals surface area contributed by atoms with Crippen molar-refractivity contribution in [1.82, 2.24) is 0 Å². The predicted molar refractivity (Wildman–Crippen MR) is 34.8 cm³/mol. The normalized spacial score (nSPS) is 8.50. The first-order valence-electron chi connectivity index (χ1n) is 3.25. The molecule has 0 aromatic heterocycles. The Labute approximate surface area is 91.0 Å². The molecule has 0 saturated heterocycles. The molecule has 0 amide bonds. The van der Waals surface area contributed by atoms with Crippen molar-refractivity contribution in [2.75, 3.05) is 0 Å². The summed E-state index contributed by atoms with van der Waals surface area (Å²) < 4.78 is 12.8. The zero-order valence-electron chi connectivity index (χ0n) is 6.35. The van der Waals surface area contributed by atoms with Gasteiger partial charge in [0.05, 0.1) is 0 Å². The first kappa shape index (κ1) is 11.7. The molecule has 0 saturated carbocycles. The zero-order valence-corrected chi connectivity index (χ0v) is 10.9. The SMILES string of the molecule is N#Cc1ccc(F)c([CH2][Zn+])c1.[Br-]. The van der Waals surface area contributed by atoms with E-state index < -0.39 is 0 Å². The second-order valence-electron chi connectivity index (χ2n) is 2.17. The number of rotatable bonds is 1. The molecule has 0 atom stereocenters. The largest absolute Gasteiger partial charge is 1.00 e. The molecule has 0 bridgehead atoms. The van der Waals surface area contributed by atoms with Gasteiger partial charge in [0.2, 0.25) is 0 Å². The molecule has 0 fully saturated rings. The molecule has 0 aliphatic carbocycles. The van der Waals surface area contributed by atoms with Gasteiger partial charge in [-0.25, -0.2) is 0 Å². The summed E-state index contributed by atoms with van der Waals surface area (Å²) in [5, 5.41) is 9.24. The van der Waals surface area contributed by atoms with Crippen LogP contribution in [0, 0.1) is 17.1 Å². The molecule has 1 rings (SSSR count). The minimum atomic E-state index is -0.199. The van der Waals surface area contributed by atoms with Crippen LogP contribution >= 0.6 is 0 Å². The summed E-state index contributed by atoms with van der Waals surface area (Å²) in [5.74, 6) is -0.199. The van der Waals surface area contributed by atoms with Crippen LogP contribution in [-0.4, -0.2) is 0 Å². The van der Waals surface area contributed by atoms with E-state index in [-0.39, 0.29) is 22.8 Å². The van der Waals surface area contributed by atoms with Gasteiger partial charge in [-0.15, -0.1) is 0 Å². The fraction of sp³-hybridized carbons (Fsp3) is 0.125. The van der Waals surface area contributed by atoms with Crippen molar-refractivity contribution in [1.29, 1.82) is 5.26 Å². The second kappa shape index (κ2) is 5.40. The van der Waals surface area contributed by atoms with Crippen LogP contribution in [-0.2, 0) is 23.3 Å². The van der Waals surface area contributed by atoms with E-state index in [4.69, 9.17) is 5.26 Å². The van der Waals surface area contributed by atoms with Crippen molar-refractivity contribution in [3.63, 3.8) is 0 Å². The molecule has 4 heteroatoms. The molecule has 0 N–H and O–H groups in total. The Kier molecular flexibility index (Phi) is 5.28. The van der Waals surface area contributed by atoms with Gasteiger partial charge in [0.25, 0.3) is 0 Å². The number of hydrogen-bond acceptors (Lipinski definition) is 1. The third-order valence-corrected chi connectivity index (χ3v) is 2.57. The number of nitrogens with zero attached hydrogens (tertiary/aromatic N) is 1. The summed E-state index contributed by atoms with van der Waals surface area (Å²) in [6.45, 7) is 0. The van der Waals surface area contributed by atoms with E-state index in [1.165, 1.54) is 12.1 Å². The summed E-state index contributed by atoms with van der Waals surface area (Å²) in [6, 6.07) is 6.43. The van der Waals surface area contributed by atoms with E-state index in [2.05, 4.69) is 0 Å². The molecule has 0 aliphatic rings. The van der Waals surface area contributed by atoms with Crippen molar-refractivity contribution in [2.24, 2.45) is 0 Å². The number of benzene rings is 1. The van der Waals surface area contributed by atoms with Gasteiger partial charge in [-0.1, -0.05) is 0 Å². The Hall–Kier alpha value is -0.257. The molecule has 0 heterocycles. The minimum Gasteiger partial charge on any atom is -1.00 e. The molecule has 12 heavy (non-hydrogen) atoms. The fourth-order valence-corrected chi connectivity index (χ4v) is 1.64. The maximum Gasteiger partial charge on any atom is -1.00 e. The van der Waals surface area contributed by atoms with E-state index in [0.29, 0.717) is 11.1 Å². The van der Waals surface area contributed by atoms with Gasteiger partial charge >= 0.3 is 74.2 Å². The van der Waals surface area contributed by atoms with E-state index in [9.17, 15) is 4.39 Å². The Morgan fingerprint density at radius 1 is 1.50 bits per heavy atom. The zero-order chi connectivity index (χ0) is 8.27. The molecule has 0 radical (unpaired) electrons. The molecule has 1 aromatic carbocycles. The van der Waals surface area contributed by atoms with Crippen LogP contribution < -0.4 is 17.0 Å². The van der Waals surface area contributed by atoms with Crippen molar-refractivity contribution >= 4 is 0 Å². The molecule has 1 nitrogen and oxygen atoms in total. The summed E-state index contributed by atoms with van der Waals surface area (Å²) in [6.07, 6.45) is 0. The first-order valence-corrected chi connectivity index (χ1v) is 5.35. The second-order valence-corrected chi connectivity index (χ2v) is 3.22. The number of hydrogen-bond donors (Lipinski definition) is 0. The van der Waals surface area contributed by atoms with Crippen molar-refractivity contribution in [3.05, 3.63) is 35.1 Å². The number of nitriles is 1. The first-order chi connectivity index (χ1) is 5.27. The Balaban J connectivity index is 0.00000121. The monoisotopic (exact) mass is 277 g/mol. The van der Waals surface area contributed by atoms with E-state index in [1.54, 1.807) is 6.07 Å². The van der Waals surface area contributed by atoms with Gasteiger partial charge in [0.1, 0.15) is 0 Å². The van der Waals surface area contributed by atoms with Gasteiger partial charge in [-0.2, -0.15) is 0 Å². The van der Waals surface area contributed by atoms with Crippen LogP contribution in [0.2, 0.25) is 0 Å². The fourth-order valence-electron chi connectivity index (χ4n) is 0.836. The third-order valence-electron chi connectivity index (χ3n) is 1.44. The van der Waals surface area contributed by atoms with Crippen molar-refractivity contribution in [3.8, 4) is 6.07 Å². The van der Waals surface area contributed by atoms with Crippen molar-refractivity contribution < 1.29 is 39.7 Å². The van der Waals surface area contributed by atoms with Crippen LogP contribution in [0.1, 0.15) is 11.1 Å². The third kappa shape index (κ3) is 2.66. The molecule has 0 spiro atoms. The van der Waals surface area contributed by atoms with Gasteiger partial charge in [-0.3, -0.25) is 0 Å². The summed E-state index contributed by atoms with van der Waals surface area (Å²) in [7, 11) is 0. The average Bonchev–Trinajstić information content (AvgIpc) is 2.05. The minimum absolute atomic E-state index is 0. The Morgan fingerprint density at radius 2 is 2.17 bits per heavy atom. The molecule has 58 valence electrons. The maximum absolute atomic E-state index is 12.8. The van der Waals surface area contributed by atoms with Gasteiger partial charge in [-0.05, 0) is 0 Å². The molecular weight excluding hydrogens is 274 g/mol. The topological polar surface area (TPSA) is 23.8 Å². The molecule has 0 unspecified atom stereocenters. The summed E-state index contributed by atoms with van der Waals surface area (Å²) in [5.41, 5.74) is 1.19. The smallest absolute Gasteiger partial charge is 1.00 e. The van der Waals surface area contributed by atoms with Crippen LogP contribution in [0.25, 0.3) is 0 Å². The van der Waals surface area contributed by atoms with Gasteiger partial charge < -0.3 is 17.0 Å². The predicted octanol–water partition coefficient (Wildman–Crippen LogP) is -1.25. The molecule has 0 aliphatic heterocycles. The Morgan fingerprint density at radius 3 is 2.67 bits per heavy atom. The Bertz CT molecular complexity index is 308. The van der Waals surface area contributed by atoms with Crippen LogP contribution in [0.5, 0.6) is 0 Å². The van der Waals surface area contributed by atoms with Gasteiger partial charge in [0, 0.05) is 0 Å². The maximum atomic E-state index is 12.8. The summed E-state index contributed by atoms with van der Waals surface area (Å²) in [4.78, 5) is 0.